The molecule has 3 N–H and O–H groups in total. The van der Waals surface area contributed by atoms with Crippen LogP contribution in [0.1, 0.15) is 35.6 Å². The van der Waals surface area contributed by atoms with Gasteiger partial charge in [0.1, 0.15) is 38.8 Å². The summed E-state index contributed by atoms with van der Waals surface area (Å²) in [5, 5.41) is 3.23. The van der Waals surface area contributed by atoms with E-state index in [1.54, 1.807) is 4.90 Å². The Morgan fingerprint density at radius 1 is 1.10 bits per heavy atom. The summed E-state index contributed by atoms with van der Waals surface area (Å²) in [6, 6.07) is 16.3. The number of hydrogen-bond acceptors (Lipinski definition) is 2. The predicted molar refractivity (Wildman–Crippen MR) is 119 cm³/mol. The summed E-state index contributed by atoms with van der Waals surface area (Å²) in [5.41, 5.74) is 4.27. The molecule has 0 unspecified atom stereocenters. The van der Waals surface area contributed by atoms with E-state index in [-0.39, 0.29) is 11.9 Å². The van der Waals surface area contributed by atoms with Gasteiger partial charge in [0.05, 0.1) is 0 Å². The van der Waals surface area contributed by atoms with Crippen LogP contribution in [0.4, 0.5) is 5.69 Å². The molecule has 2 aliphatic heterocycles. The van der Waals surface area contributed by atoms with Gasteiger partial charge in [0, 0.05) is 17.9 Å². The number of aryl methyl sites for hydroxylation is 2. The lowest BCUT2D eigenvalue weighted by Gasteiger charge is -2.34. The maximum absolute atomic E-state index is 13.5. The third-order valence-corrected chi connectivity index (χ3v) is 6.59. The first kappa shape index (κ1) is 21.0. The van der Waals surface area contributed by atoms with E-state index in [1.165, 1.54) is 17.7 Å². The highest BCUT2D eigenvalue weighted by Gasteiger charge is 2.36. The van der Waals surface area contributed by atoms with Crippen molar-refractivity contribution in [3.05, 3.63) is 65.2 Å². The van der Waals surface area contributed by atoms with Gasteiger partial charge in [-0.15, -0.1) is 0 Å². The Labute approximate surface area is 180 Å². The van der Waals surface area contributed by atoms with Gasteiger partial charge in [0.25, 0.3) is 5.91 Å². The number of anilines is 1. The molecule has 0 bridgehead atoms. The lowest BCUT2D eigenvalue weighted by atomic mass is 10.0. The minimum Gasteiger partial charge on any atom is -0.372 e. The Bertz CT molecular complexity index is 841. The van der Waals surface area contributed by atoms with Crippen molar-refractivity contribution in [1.82, 2.24) is 0 Å². The van der Waals surface area contributed by atoms with E-state index in [2.05, 4.69) is 42.6 Å². The highest BCUT2D eigenvalue weighted by molar-refractivity contribution is 5.95. The summed E-state index contributed by atoms with van der Waals surface area (Å²) in [5.74, 6) is 0.0903. The first-order valence-electron chi connectivity index (χ1n) is 11.3. The van der Waals surface area contributed by atoms with E-state index < -0.39 is 0 Å². The molecule has 0 saturated carbocycles. The second-order valence-electron chi connectivity index (χ2n) is 8.90. The average molecular weight is 410 g/mol. The van der Waals surface area contributed by atoms with Crippen LogP contribution in [-0.4, -0.2) is 51.3 Å². The molecule has 2 aromatic rings. The smallest absolute Gasteiger partial charge is 0.287 e. The van der Waals surface area contributed by atoms with Crippen LogP contribution in [-0.2, 0) is 9.53 Å². The van der Waals surface area contributed by atoms with E-state index in [0.29, 0.717) is 6.10 Å². The zero-order valence-electron chi connectivity index (χ0n) is 18.2. The monoisotopic (exact) mass is 409 g/mol. The number of carbonyl (C=O) groups is 1. The van der Waals surface area contributed by atoms with E-state index in [1.807, 2.05) is 25.1 Å². The largest absolute Gasteiger partial charge is 0.372 e. The highest BCUT2D eigenvalue weighted by atomic mass is 16.5. The first-order valence-corrected chi connectivity index (χ1v) is 11.3. The van der Waals surface area contributed by atoms with E-state index >= 15 is 0 Å². The highest BCUT2D eigenvalue weighted by Crippen LogP contribution is 2.19. The van der Waals surface area contributed by atoms with E-state index in [9.17, 15) is 4.79 Å². The molecular weight excluding hydrogens is 374 g/mol. The number of hydrogen-bond donors (Lipinski definition) is 3. The maximum Gasteiger partial charge on any atom is 0.287 e. The van der Waals surface area contributed by atoms with Crippen molar-refractivity contribution < 1.29 is 19.3 Å². The van der Waals surface area contributed by atoms with Gasteiger partial charge in [-0.3, -0.25) is 4.79 Å². The number of benzene rings is 2. The topological polar surface area (TPSA) is 47.2 Å². The summed E-state index contributed by atoms with van der Waals surface area (Å²) in [4.78, 5) is 16.5. The van der Waals surface area contributed by atoms with Crippen molar-refractivity contribution in [2.45, 2.75) is 38.8 Å². The fourth-order valence-electron chi connectivity index (χ4n) is 4.84. The molecule has 5 heteroatoms. The van der Waals surface area contributed by atoms with Crippen LogP contribution in [0.25, 0.3) is 0 Å². The number of quaternary nitrogens is 2. The van der Waals surface area contributed by atoms with Crippen LogP contribution in [0.15, 0.2) is 48.5 Å². The lowest BCUT2D eigenvalue weighted by Crippen LogP contribution is -3.28. The number of nitrogens with one attached hydrogen (secondary N) is 3. The summed E-state index contributed by atoms with van der Waals surface area (Å²) in [7, 11) is 0. The Kier molecular flexibility index (Phi) is 6.82. The minimum absolute atomic E-state index is 0.0903. The molecule has 2 heterocycles. The third kappa shape index (κ3) is 5.09. The van der Waals surface area contributed by atoms with Gasteiger partial charge in [0.2, 0.25) is 0 Å². The molecule has 30 heavy (non-hydrogen) atoms. The summed E-state index contributed by atoms with van der Waals surface area (Å²) in [6.45, 7) is 10.3. The van der Waals surface area contributed by atoms with Gasteiger partial charge < -0.3 is 19.9 Å². The van der Waals surface area contributed by atoms with Gasteiger partial charge in [-0.25, -0.2) is 0 Å². The Hall–Kier alpha value is -2.21. The molecule has 4 rings (SSSR count). The number of carbonyl (C=O) groups excluding carboxylic acids is 1. The Morgan fingerprint density at radius 3 is 2.57 bits per heavy atom. The first-order chi connectivity index (χ1) is 14.6. The Balaban J connectivity index is 1.46. The van der Waals surface area contributed by atoms with Crippen LogP contribution >= 0.6 is 0 Å². The van der Waals surface area contributed by atoms with Crippen molar-refractivity contribution in [1.29, 1.82) is 0 Å². The van der Waals surface area contributed by atoms with E-state index in [4.69, 9.17) is 4.74 Å². The molecule has 2 aliphatic rings. The van der Waals surface area contributed by atoms with Gasteiger partial charge >= 0.3 is 0 Å². The molecule has 0 spiro atoms. The zero-order chi connectivity index (χ0) is 20.9. The molecule has 160 valence electrons. The number of rotatable bonds is 6. The van der Waals surface area contributed by atoms with Gasteiger partial charge in [-0.05, 0) is 43.9 Å². The summed E-state index contributed by atoms with van der Waals surface area (Å²) < 4.78 is 5.83. The predicted octanol–water partition coefficient (Wildman–Crippen LogP) is 0.946. The normalized spacial score (nSPS) is 25.1. The van der Waals surface area contributed by atoms with Crippen LogP contribution < -0.4 is 15.1 Å². The zero-order valence-corrected chi connectivity index (χ0v) is 18.2. The van der Waals surface area contributed by atoms with Crippen molar-refractivity contribution >= 4 is 11.6 Å². The second kappa shape index (κ2) is 9.73. The fourth-order valence-corrected chi connectivity index (χ4v) is 4.84. The SMILES string of the molecule is Cc1ccc(C)c(NC(=O)[C@@H](c2ccccc2)[NH+]2CC[NH+](C[C@H]3CCCO3)CC2)c1. The van der Waals surface area contributed by atoms with Crippen molar-refractivity contribution in [3.63, 3.8) is 0 Å². The third-order valence-electron chi connectivity index (χ3n) is 6.59. The maximum atomic E-state index is 13.5. The second-order valence-corrected chi connectivity index (χ2v) is 8.90. The molecule has 2 atom stereocenters. The van der Waals surface area contributed by atoms with Gasteiger partial charge in [-0.2, -0.15) is 0 Å². The van der Waals surface area contributed by atoms with Gasteiger partial charge in [-0.1, -0.05) is 42.5 Å². The summed E-state index contributed by atoms with van der Waals surface area (Å²) in [6.07, 6.45) is 2.83. The molecule has 1 amide bonds. The van der Waals surface area contributed by atoms with Crippen LogP contribution in [0.3, 0.4) is 0 Å². The molecule has 0 aromatic heterocycles. The van der Waals surface area contributed by atoms with Crippen molar-refractivity contribution in [2.24, 2.45) is 0 Å². The number of amides is 1. The standard InChI is InChI=1S/C25H33N3O2/c1-19-10-11-20(2)23(17-19)26-25(29)24(21-7-4-3-5-8-21)28-14-12-27(13-15-28)18-22-9-6-16-30-22/h3-5,7-8,10-11,17,22,24H,6,9,12-16,18H2,1-2H3,(H,26,29)/p+2/t22-,24-/m1/s1. The van der Waals surface area contributed by atoms with Crippen molar-refractivity contribution in [3.8, 4) is 0 Å². The van der Waals surface area contributed by atoms with E-state index in [0.717, 1.165) is 61.7 Å². The van der Waals surface area contributed by atoms with Gasteiger partial charge in [0.15, 0.2) is 6.04 Å². The molecule has 5 nitrogen and oxygen atoms in total. The van der Waals surface area contributed by atoms with Crippen LogP contribution in [0.2, 0.25) is 0 Å². The molecule has 0 radical (unpaired) electrons. The Morgan fingerprint density at radius 2 is 1.87 bits per heavy atom. The quantitative estimate of drug-likeness (QED) is 0.665. The molecule has 2 saturated heterocycles. The average Bonchev–Trinajstić information content (AvgIpc) is 3.26. The lowest BCUT2D eigenvalue weighted by molar-refractivity contribution is -1.02. The molecule has 2 fully saturated rings. The number of ether oxygens (including phenoxy) is 1. The molecular formula is C25H35N3O2+2. The minimum atomic E-state index is -0.185. The molecule has 2 aromatic carbocycles. The summed E-state index contributed by atoms with van der Waals surface area (Å²) >= 11 is 0. The van der Waals surface area contributed by atoms with Crippen LogP contribution in [0.5, 0.6) is 0 Å². The molecule has 0 aliphatic carbocycles. The fraction of sp³-hybridized carbons (Fsp3) is 0.480. The number of piperazine rings is 1. The van der Waals surface area contributed by atoms with Crippen LogP contribution in [0, 0.1) is 13.8 Å². The van der Waals surface area contributed by atoms with Crippen molar-refractivity contribution in [2.75, 3.05) is 44.6 Å².